The smallest absolute Gasteiger partial charge is 0.245 e. The maximum absolute atomic E-state index is 11.7. The number of methoxy groups -OCH3 is 1. The van der Waals surface area contributed by atoms with E-state index in [0.717, 1.165) is 24.8 Å². The zero-order valence-electron chi connectivity index (χ0n) is 10.1. The molecule has 1 saturated carbocycles. The van der Waals surface area contributed by atoms with Crippen LogP contribution in [-0.4, -0.2) is 22.1 Å². The van der Waals surface area contributed by atoms with Crippen molar-refractivity contribution in [2.24, 2.45) is 5.14 Å². The van der Waals surface area contributed by atoms with Crippen molar-refractivity contribution in [1.82, 2.24) is 0 Å². The topological polar surface area (TPSA) is 78.6 Å². The Morgan fingerprint density at radius 1 is 1.39 bits per heavy atom. The van der Waals surface area contributed by atoms with E-state index in [9.17, 15) is 8.42 Å². The number of rotatable bonds is 2. The predicted molar refractivity (Wildman–Crippen MR) is 65.4 cm³/mol. The lowest BCUT2D eigenvalue weighted by atomic mass is 9.66. The number of fused-ring (bicyclic) bond motifs is 2. The number of nitrogens with two attached hydrogens (primary N) is 1. The van der Waals surface area contributed by atoms with Gasteiger partial charge in [0.05, 0.1) is 13.7 Å². The number of ether oxygens (including phenoxy) is 2. The van der Waals surface area contributed by atoms with Crippen molar-refractivity contribution in [2.45, 2.75) is 29.6 Å². The minimum Gasteiger partial charge on any atom is -0.495 e. The molecule has 2 N–H and O–H groups in total. The molecule has 0 amide bonds. The van der Waals surface area contributed by atoms with E-state index in [1.807, 2.05) is 6.07 Å². The summed E-state index contributed by atoms with van der Waals surface area (Å²) in [4.78, 5) is -0.0220. The van der Waals surface area contributed by atoms with Crippen LogP contribution in [0.3, 0.4) is 0 Å². The lowest BCUT2D eigenvalue weighted by Crippen LogP contribution is -2.35. The number of hydrogen-bond acceptors (Lipinski definition) is 4. The van der Waals surface area contributed by atoms with Crippen LogP contribution in [0.1, 0.15) is 24.8 Å². The number of primary sulfonamides is 1. The third kappa shape index (κ3) is 1.45. The summed E-state index contributed by atoms with van der Waals surface area (Å²) < 4.78 is 34.1. The molecule has 1 aliphatic heterocycles. The second-order valence-electron chi connectivity index (χ2n) is 4.94. The van der Waals surface area contributed by atoms with Crippen molar-refractivity contribution in [3.8, 4) is 11.5 Å². The molecule has 18 heavy (non-hydrogen) atoms. The molecule has 3 rings (SSSR count). The number of sulfonamides is 1. The van der Waals surface area contributed by atoms with E-state index in [0.29, 0.717) is 12.4 Å². The van der Waals surface area contributed by atoms with Crippen LogP contribution in [-0.2, 0) is 15.4 Å². The predicted octanol–water partition coefficient (Wildman–Crippen LogP) is 1.16. The van der Waals surface area contributed by atoms with Crippen LogP contribution in [0, 0.1) is 0 Å². The van der Waals surface area contributed by atoms with E-state index in [2.05, 4.69) is 0 Å². The summed E-state index contributed by atoms with van der Waals surface area (Å²) >= 11 is 0. The van der Waals surface area contributed by atoms with Crippen molar-refractivity contribution >= 4 is 10.0 Å². The fraction of sp³-hybridized carbons (Fsp3) is 0.500. The SMILES string of the molecule is COc1ccc2c(c1S(N)(=O)=O)OCC21CCC1. The normalized spacial score (nSPS) is 20.1. The van der Waals surface area contributed by atoms with Crippen LogP contribution in [0.5, 0.6) is 11.5 Å². The van der Waals surface area contributed by atoms with Crippen LogP contribution in [0.25, 0.3) is 0 Å². The lowest BCUT2D eigenvalue weighted by molar-refractivity contribution is 0.176. The summed E-state index contributed by atoms with van der Waals surface area (Å²) in [6.45, 7) is 0.540. The summed E-state index contributed by atoms with van der Waals surface area (Å²) in [6.07, 6.45) is 3.23. The van der Waals surface area contributed by atoms with Crippen LogP contribution >= 0.6 is 0 Å². The van der Waals surface area contributed by atoms with Gasteiger partial charge in [-0.1, -0.05) is 12.5 Å². The highest BCUT2D eigenvalue weighted by Gasteiger charge is 2.47. The molecule has 1 aromatic rings. The van der Waals surface area contributed by atoms with Gasteiger partial charge in [0.2, 0.25) is 10.0 Å². The van der Waals surface area contributed by atoms with Gasteiger partial charge in [-0.3, -0.25) is 0 Å². The van der Waals surface area contributed by atoms with Gasteiger partial charge >= 0.3 is 0 Å². The highest BCUT2D eigenvalue weighted by atomic mass is 32.2. The molecule has 1 spiro atoms. The monoisotopic (exact) mass is 269 g/mol. The molecular weight excluding hydrogens is 254 g/mol. The molecule has 0 radical (unpaired) electrons. The molecule has 6 heteroatoms. The Kier molecular flexibility index (Phi) is 2.37. The third-order valence-electron chi connectivity index (χ3n) is 3.96. The standard InChI is InChI=1S/C12H15NO4S/c1-16-9-4-3-8-10(11(9)18(13,14)15)17-7-12(8)5-2-6-12/h3-4H,2,5-7H2,1H3,(H2,13,14,15). The number of hydrogen-bond donors (Lipinski definition) is 1. The van der Waals surface area contributed by atoms with Gasteiger partial charge in [0.25, 0.3) is 0 Å². The average molecular weight is 269 g/mol. The molecule has 0 aromatic heterocycles. The van der Waals surface area contributed by atoms with E-state index >= 15 is 0 Å². The largest absolute Gasteiger partial charge is 0.495 e. The van der Waals surface area contributed by atoms with Gasteiger partial charge < -0.3 is 9.47 Å². The summed E-state index contributed by atoms with van der Waals surface area (Å²) in [7, 11) is -2.43. The van der Waals surface area contributed by atoms with E-state index in [1.54, 1.807) is 6.07 Å². The minimum atomic E-state index is -3.86. The van der Waals surface area contributed by atoms with Gasteiger partial charge in [0, 0.05) is 11.0 Å². The van der Waals surface area contributed by atoms with Crippen LogP contribution in [0.15, 0.2) is 17.0 Å². The Balaban J connectivity index is 2.25. The minimum absolute atomic E-state index is 0.00104. The zero-order valence-corrected chi connectivity index (χ0v) is 10.9. The van der Waals surface area contributed by atoms with Crippen molar-refractivity contribution < 1.29 is 17.9 Å². The van der Waals surface area contributed by atoms with Crippen LogP contribution in [0.4, 0.5) is 0 Å². The summed E-state index contributed by atoms with van der Waals surface area (Å²) in [6, 6.07) is 3.56. The maximum atomic E-state index is 11.7. The third-order valence-corrected chi connectivity index (χ3v) is 4.91. The summed E-state index contributed by atoms with van der Waals surface area (Å²) in [5.41, 5.74) is 0.958. The Labute approximate surface area is 106 Å². The molecule has 98 valence electrons. The fourth-order valence-electron chi connectivity index (χ4n) is 2.84. The Hall–Kier alpha value is -1.27. The second kappa shape index (κ2) is 3.61. The van der Waals surface area contributed by atoms with E-state index < -0.39 is 10.0 Å². The molecule has 1 fully saturated rings. The molecule has 0 unspecified atom stereocenters. The van der Waals surface area contributed by atoms with Crippen molar-refractivity contribution in [2.75, 3.05) is 13.7 Å². The summed E-state index contributed by atoms with van der Waals surface area (Å²) in [5.74, 6) is 0.629. The summed E-state index contributed by atoms with van der Waals surface area (Å²) in [5, 5.41) is 5.27. The van der Waals surface area contributed by atoms with Crippen molar-refractivity contribution in [3.05, 3.63) is 17.7 Å². The van der Waals surface area contributed by atoms with Gasteiger partial charge in [0.15, 0.2) is 4.90 Å². The van der Waals surface area contributed by atoms with Crippen LogP contribution < -0.4 is 14.6 Å². The second-order valence-corrected chi connectivity index (χ2v) is 6.44. The van der Waals surface area contributed by atoms with Gasteiger partial charge in [-0.05, 0) is 18.9 Å². The van der Waals surface area contributed by atoms with Crippen LogP contribution in [0.2, 0.25) is 0 Å². The maximum Gasteiger partial charge on any atom is 0.245 e. The first kappa shape index (κ1) is 11.8. The first-order valence-corrected chi connectivity index (χ1v) is 7.40. The van der Waals surface area contributed by atoms with E-state index in [4.69, 9.17) is 14.6 Å². The quantitative estimate of drug-likeness (QED) is 0.873. The molecule has 0 saturated heterocycles. The average Bonchev–Trinajstić information content (AvgIpc) is 2.64. The lowest BCUT2D eigenvalue weighted by Gasteiger charge is -2.36. The Morgan fingerprint density at radius 3 is 2.61 bits per heavy atom. The molecule has 5 nitrogen and oxygen atoms in total. The molecule has 1 heterocycles. The van der Waals surface area contributed by atoms with Gasteiger partial charge in [-0.25, -0.2) is 13.6 Å². The van der Waals surface area contributed by atoms with Crippen molar-refractivity contribution in [1.29, 1.82) is 0 Å². The first-order chi connectivity index (χ1) is 8.48. The zero-order chi connectivity index (χ0) is 13.0. The Morgan fingerprint density at radius 2 is 2.11 bits per heavy atom. The van der Waals surface area contributed by atoms with E-state index in [1.165, 1.54) is 7.11 Å². The molecular formula is C12H15NO4S. The highest BCUT2D eigenvalue weighted by molar-refractivity contribution is 7.89. The molecule has 0 bridgehead atoms. The molecule has 1 aliphatic carbocycles. The molecule has 0 atom stereocenters. The highest BCUT2D eigenvalue weighted by Crippen LogP contribution is 2.54. The molecule has 2 aliphatic rings. The fourth-order valence-corrected chi connectivity index (χ4v) is 3.70. The molecule has 1 aromatic carbocycles. The Bertz CT molecular complexity index is 605. The van der Waals surface area contributed by atoms with Gasteiger partial charge in [-0.15, -0.1) is 0 Å². The first-order valence-electron chi connectivity index (χ1n) is 5.85. The van der Waals surface area contributed by atoms with Gasteiger partial charge in [-0.2, -0.15) is 0 Å². The van der Waals surface area contributed by atoms with Crippen molar-refractivity contribution in [3.63, 3.8) is 0 Å². The van der Waals surface area contributed by atoms with E-state index in [-0.39, 0.29) is 16.1 Å². The van der Waals surface area contributed by atoms with Gasteiger partial charge in [0.1, 0.15) is 11.5 Å². The number of benzene rings is 1.